The predicted molar refractivity (Wildman–Crippen MR) is 117 cm³/mol. The van der Waals surface area contributed by atoms with Crippen molar-refractivity contribution in [2.24, 2.45) is 0 Å². The van der Waals surface area contributed by atoms with Crippen LogP contribution in [0.25, 0.3) is 17.1 Å². The second-order valence-corrected chi connectivity index (χ2v) is 7.06. The SMILES string of the molecule is COc1cccc(NC(=O)c2nc(-c3ccc(C)cc3)n(-c3ccc(C)cc3)n2)c1. The van der Waals surface area contributed by atoms with Gasteiger partial charge >= 0.3 is 0 Å². The van der Waals surface area contributed by atoms with Crippen molar-refractivity contribution in [2.75, 3.05) is 12.4 Å². The molecule has 6 heteroatoms. The van der Waals surface area contributed by atoms with Crippen molar-refractivity contribution >= 4 is 11.6 Å². The summed E-state index contributed by atoms with van der Waals surface area (Å²) in [6.07, 6.45) is 0. The average Bonchev–Trinajstić information content (AvgIpc) is 3.20. The smallest absolute Gasteiger partial charge is 0.295 e. The Morgan fingerprint density at radius 3 is 2.27 bits per heavy atom. The van der Waals surface area contributed by atoms with Crippen LogP contribution in [0.4, 0.5) is 5.69 Å². The van der Waals surface area contributed by atoms with E-state index in [1.807, 2.05) is 74.5 Å². The number of carbonyl (C=O) groups excluding carboxylic acids is 1. The van der Waals surface area contributed by atoms with Gasteiger partial charge in [0.15, 0.2) is 5.82 Å². The zero-order valence-electron chi connectivity index (χ0n) is 17.1. The summed E-state index contributed by atoms with van der Waals surface area (Å²) in [6, 6.07) is 23.1. The van der Waals surface area contributed by atoms with E-state index >= 15 is 0 Å². The van der Waals surface area contributed by atoms with E-state index in [1.165, 1.54) is 0 Å². The number of methoxy groups -OCH3 is 1. The maximum atomic E-state index is 12.9. The third kappa shape index (κ3) is 4.07. The lowest BCUT2D eigenvalue weighted by Gasteiger charge is -2.06. The highest BCUT2D eigenvalue weighted by Crippen LogP contribution is 2.23. The molecular formula is C24H22N4O2. The molecule has 0 aliphatic carbocycles. The van der Waals surface area contributed by atoms with Crippen LogP contribution < -0.4 is 10.1 Å². The normalized spacial score (nSPS) is 10.6. The predicted octanol–water partition coefficient (Wildman–Crippen LogP) is 4.81. The van der Waals surface area contributed by atoms with Crippen LogP contribution in [0.5, 0.6) is 5.75 Å². The number of nitrogens with zero attached hydrogens (tertiary/aromatic N) is 3. The number of hydrogen-bond acceptors (Lipinski definition) is 4. The number of carbonyl (C=O) groups is 1. The van der Waals surface area contributed by atoms with Gasteiger partial charge in [-0.2, -0.15) is 0 Å². The quantitative estimate of drug-likeness (QED) is 0.524. The second kappa shape index (κ2) is 8.21. The van der Waals surface area contributed by atoms with Crippen LogP contribution in [-0.4, -0.2) is 27.8 Å². The minimum atomic E-state index is -0.387. The van der Waals surface area contributed by atoms with E-state index in [-0.39, 0.29) is 11.7 Å². The molecule has 3 aromatic carbocycles. The van der Waals surface area contributed by atoms with Crippen molar-refractivity contribution in [1.29, 1.82) is 0 Å². The van der Waals surface area contributed by atoms with Gasteiger partial charge in [-0.1, -0.05) is 53.6 Å². The van der Waals surface area contributed by atoms with Crippen molar-refractivity contribution in [2.45, 2.75) is 13.8 Å². The molecule has 0 saturated heterocycles. The van der Waals surface area contributed by atoms with Gasteiger partial charge in [-0.05, 0) is 38.1 Å². The maximum absolute atomic E-state index is 12.9. The van der Waals surface area contributed by atoms with Gasteiger partial charge in [-0.15, -0.1) is 5.10 Å². The van der Waals surface area contributed by atoms with Crippen LogP contribution in [0.2, 0.25) is 0 Å². The van der Waals surface area contributed by atoms with Gasteiger partial charge in [0.25, 0.3) is 5.91 Å². The molecule has 0 bridgehead atoms. The highest BCUT2D eigenvalue weighted by Gasteiger charge is 2.19. The molecule has 0 unspecified atom stereocenters. The fraction of sp³-hybridized carbons (Fsp3) is 0.125. The first-order chi connectivity index (χ1) is 14.5. The Labute approximate surface area is 175 Å². The van der Waals surface area contributed by atoms with Gasteiger partial charge < -0.3 is 10.1 Å². The highest BCUT2D eigenvalue weighted by atomic mass is 16.5. The third-order valence-electron chi connectivity index (χ3n) is 4.73. The van der Waals surface area contributed by atoms with E-state index in [0.717, 1.165) is 22.4 Å². The van der Waals surface area contributed by atoms with Gasteiger partial charge in [-0.25, -0.2) is 9.67 Å². The number of aryl methyl sites for hydroxylation is 2. The summed E-state index contributed by atoms with van der Waals surface area (Å²) in [5, 5.41) is 7.35. The molecule has 1 heterocycles. The first-order valence-electron chi connectivity index (χ1n) is 9.60. The molecule has 0 radical (unpaired) electrons. The van der Waals surface area contributed by atoms with E-state index in [0.29, 0.717) is 17.3 Å². The minimum absolute atomic E-state index is 0.0916. The summed E-state index contributed by atoms with van der Waals surface area (Å²) in [6.45, 7) is 4.06. The van der Waals surface area contributed by atoms with E-state index in [2.05, 4.69) is 15.4 Å². The largest absolute Gasteiger partial charge is 0.497 e. The maximum Gasteiger partial charge on any atom is 0.295 e. The average molecular weight is 398 g/mol. The van der Waals surface area contributed by atoms with Gasteiger partial charge in [0.1, 0.15) is 5.75 Å². The zero-order chi connectivity index (χ0) is 21.1. The molecule has 30 heavy (non-hydrogen) atoms. The van der Waals surface area contributed by atoms with Crippen molar-refractivity contribution in [3.05, 3.63) is 89.7 Å². The molecule has 6 nitrogen and oxygen atoms in total. The van der Waals surface area contributed by atoms with Crippen molar-refractivity contribution < 1.29 is 9.53 Å². The summed E-state index contributed by atoms with van der Waals surface area (Å²) in [7, 11) is 1.58. The zero-order valence-corrected chi connectivity index (χ0v) is 17.1. The summed E-state index contributed by atoms with van der Waals surface area (Å²) < 4.78 is 6.91. The number of nitrogens with one attached hydrogen (secondary N) is 1. The Hall–Kier alpha value is -3.93. The minimum Gasteiger partial charge on any atom is -0.497 e. The topological polar surface area (TPSA) is 69.0 Å². The number of ether oxygens (including phenoxy) is 1. The van der Waals surface area contributed by atoms with Crippen LogP contribution in [0.3, 0.4) is 0 Å². The first-order valence-corrected chi connectivity index (χ1v) is 9.60. The van der Waals surface area contributed by atoms with Crippen molar-refractivity contribution in [1.82, 2.24) is 14.8 Å². The molecule has 0 saturated carbocycles. The van der Waals surface area contributed by atoms with Crippen LogP contribution >= 0.6 is 0 Å². The Kier molecular flexibility index (Phi) is 5.30. The molecule has 0 spiro atoms. The molecule has 1 amide bonds. The Morgan fingerprint density at radius 2 is 1.60 bits per heavy atom. The van der Waals surface area contributed by atoms with Gasteiger partial charge in [0.2, 0.25) is 5.82 Å². The number of aromatic nitrogens is 3. The van der Waals surface area contributed by atoms with E-state index in [4.69, 9.17) is 4.74 Å². The molecule has 4 aromatic rings. The number of anilines is 1. The third-order valence-corrected chi connectivity index (χ3v) is 4.73. The Balaban J connectivity index is 1.73. The molecule has 0 atom stereocenters. The van der Waals surface area contributed by atoms with Crippen LogP contribution in [0.15, 0.2) is 72.8 Å². The lowest BCUT2D eigenvalue weighted by atomic mass is 10.1. The van der Waals surface area contributed by atoms with Crippen LogP contribution in [-0.2, 0) is 0 Å². The lowest BCUT2D eigenvalue weighted by molar-refractivity contribution is 0.101. The molecule has 1 aromatic heterocycles. The molecule has 0 aliphatic rings. The Morgan fingerprint density at radius 1 is 0.933 bits per heavy atom. The van der Waals surface area contributed by atoms with Gasteiger partial charge in [0.05, 0.1) is 12.8 Å². The molecule has 1 N–H and O–H groups in total. The first kappa shape index (κ1) is 19.4. The molecule has 0 fully saturated rings. The van der Waals surface area contributed by atoms with Crippen LogP contribution in [0, 0.1) is 13.8 Å². The fourth-order valence-corrected chi connectivity index (χ4v) is 3.05. The molecule has 4 rings (SSSR count). The van der Waals surface area contributed by atoms with Crippen molar-refractivity contribution in [3.8, 4) is 22.8 Å². The van der Waals surface area contributed by atoms with Crippen LogP contribution in [0.1, 0.15) is 21.7 Å². The summed E-state index contributed by atoms with van der Waals surface area (Å²) in [5.74, 6) is 0.970. The molecular weight excluding hydrogens is 376 g/mol. The summed E-state index contributed by atoms with van der Waals surface area (Å²) in [5.41, 5.74) is 4.63. The highest BCUT2D eigenvalue weighted by molar-refractivity contribution is 6.02. The number of rotatable bonds is 5. The van der Waals surface area contributed by atoms with E-state index in [9.17, 15) is 4.79 Å². The Bertz CT molecular complexity index is 1120. The summed E-state index contributed by atoms with van der Waals surface area (Å²) in [4.78, 5) is 17.4. The monoisotopic (exact) mass is 398 g/mol. The van der Waals surface area contributed by atoms with Crippen molar-refractivity contribution in [3.63, 3.8) is 0 Å². The number of amides is 1. The lowest BCUT2D eigenvalue weighted by Crippen LogP contribution is -2.14. The molecule has 0 aliphatic heterocycles. The second-order valence-electron chi connectivity index (χ2n) is 7.06. The standard InChI is InChI=1S/C24H22N4O2/c1-16-7-11-18(12-8-16)23-26-22(27-28(23)20-13-9-17(2)10-14-20)24(29)25-19-5-4-6-21(15-19)30-3/h4-15H,1-3H3,(H,25,29). The van der Waals surface area contributed by atoms with Gasteiger partial charge in [0, 0.05) is 17.3 Å². The summed E-state index contributed by atoms with van der Waals surface area (Å²) >= 11 is 0. The number of benzene rings is 3. The van der Waals surface area contributed by atoms with E-state index < -0.39 is 0 Å². The molecule has 150 valence electrons. The number of hydrogen-bond donors (Lipinski definition) is 1. The fourth-order valence-electron chi connectivity index (χ4n) is 3.05. The van der Waals surface area contributed by atoms with E-state index in [1.54, 1.807) is 23.9 Å². The van der Waals surface area contributed by atoms with Gasteiger partial charge in [-0.3, -0.25) is 4.79 Å².